The molecule has 4 nitrogen and oxygen atoms in total. The standard InChI is InChI=1S/C15H24N2O2/c1-3-16-15-9-4-6-12(17-15)11-19-14-8-5-7-13(10-14)18-2/h4,6,9,13-14H,3,5,7-8,10-11H2,1-2H3,(H,16,17). The van der Waals surface area contributed by atoms with Crippen LogP contribution >= 0.6 is 0 Å². The van der Waals surface area contributed by atoms with Gasteiger partial charge in [0.2, 0.25) is 0 Å². The Balaban J connectivity index is 1.82. The minimum atomic E-state index is 0.309. The van der Waals surface area contributed by atoms with Gasteiger partial charge in [-0.05, 0) is 44.7 Å². The van der Waals surface area contributed by atoms with Crippen LogP contribution in [-0.4, -0.2) is 30.8 Å². The lowest BCUT2D eigenvalue weighted by Gasteiger charge is -2.28. The first-order valence-corrected chi connectivity index (χ1v) is 7.16. The average molecular weight is 264 g/mol. The van der Waals surface area contributed by atoms with Gasteiger partial charge < -0.3 is 14.8 Å². The Morgan fingerprint density at radius 3 is 2.95 bits per heavy atom. The summed E-state index contributed by atoms with van der Waals surface area (Å²) >= 11 is 0. The summed E-state index contributed by atoms with van der Waals surface area (Å²) in [5.41, 5.74) is 0.984. The van der Waals surface area contributed by atoms with Gasteiger partial charge in [0.15, 0.2) is 0 Å². The minimum Gasteiger partial charge on any atom is -0.381 e. The maximum absolute atomic E-state index is 5.96. The van der Waals surface area contributed by atoms with Crippen LogP contribution in [0.1, 0.15) is 38.3 Å². The fourth-order valence-corrected chi connectivity index (χ4v) is 2.51. The quantitative estimate of drug-likeness (QED) is 0.858. The second-order valence-corrected chi connectivity index (χ2v) is 5.00. The van der Waals surface area contributed by atoms with Crippen molar-refractivity contribution in [1.82, 2.24) is 4.98 Å². The molecule has 0 bridgehead atoms. The fourth-order valence-electron chi connectivity index (χ4n) is 2.51. The summed E-state index contributed by atoms with van der Waals surface area (Å²) in [6.45, 7) is 3.54. The molecule has 2 rings (SSSR count). The summed E-state index contributed by atoms with van der Waals surface area (Å²) in [7, 11) is 1.79. The molecule has 1 aliphatic rings. The van der Waals surface area contributed by atoms with Crippen molar-refractivity contribution in [2.24, 2.45) is 0 Å². The van der Waals surface area contributed by atoms with E-state index in [2.05, 4.69) is 17.2 Å². The van der Waals surface area contributed by atoms with Crippen LogP contribution in [0, 0.1) is 0 Å². The molecule has 19 heavy (non-hydrogen) atoms. The van der Waals surface area contributed by atoms with E-state index in [0.717, 1.165) is 37.3 Å². The van der Waals surface area contributed by atoms with E-state index >= 15 is 0 Å². The van der Waals surface area contributed by atoms with Gasteiger partial charge in [0.1, 0.15) is 5.82 Å². The summed E-state index contributed by atoms with van der Waals surface area (Å²) in [5.74, 6) is 0.919. The lowest BCUT2D eigenvalue weighted by Crippen LogP contribution is -2.27. The molecule has 0 spiro atoms. The SMILES string of the molecule is CCNc1cccc(COC2CCCC(OC)C2)n1. The molecule has 0 saturated heterocycles. The van der Waals surface area contributed by atoms with Crippen molar-refractivity contribution in [2.45, 2.75) is 51.4 Å². The number of methoxy groups -OCH3 is 1. The number of hydrogen-bond acceptors (Lipinski definition) is 4. The second-order valence-electron chi connectivity index (χ2n) is 5.00. The van der Waals surface area contributed by atoms with Crippen molar-refractivity contribution < 1.29 is 9.47 Å². The number of anilines is 1. The monoisotopic (exact) mass is 264 g/mol. The Morgan fingerprint density at radius 1 is 1.32 bits per heavy atom. The zero-order valence-corrected chi connectivity index (χ0v) is 11.9. The van der Waals surface area contributed by atoms with Crippen LogP contribution < -0.4 is 5.32 Å². The number of nitrogens with zero attached hydrogens (tertiary/aromatic N) is 1. The first-order valence-electron chi connectivity index (χ1n) is 7.16. The van der Waals surface area contributed by atoms with E-state index in [0.29, 0.717) is 18.8 Å². The number of rotatable bonds is 6. The number of nitrogens with one attached hydrogen (secondary N) is 1. The van der Waals surface area contributed by atoms with E-state index in [-0.39, 0.29) is 0 Å². The van der Waals surface area contributed by atoms with E-state index in [4.69, 9.17) is 9.47 Å². The van der Waals surface area contributed by atoms with E-state index in [1.54, 1.807) is 7.11 Å². The molecule has 0 aromatic carbocycles. The Morgan fingerprint density at radius 2 is 2.16 bits per heavy atom. The van der Waals surface area contributed by atoms with Crippen LogP contribution in [-0.2, 0) is 16.1 Å². The van der Waals surface area contributed by atoms with Gasteiger partial charge in [-0.1, -0.05) is 6.07 Å². The highest BCUT2D eigenvalue weighted by atomic mass is 16.5. The highest BCUT2D eigenvalue weighted by Gasteiger charge is 2.22. The van der Waals surface area contributed by atoms with Crippen LogP contribution in [0.25, 0.3) is 0 Å². The normalized spacial score (nSPS) is 23.3. The molecule has 4 heteroatoms. The number of hydrogen-bond donors (Lipinski definition) is 1. The van der Waals surface area contributed by atoms with Gasteiger partial charge in [-0.25, -0.2) is 4.98 Å². The molecule has 1 aliphatic carbocycles. The zero-order chi connectivity index (χ0) is 13.5. The topological polar surface area (TPSA) is 43.4 Å². The summed E-state index contributed by atoms with van der Waals surface area (Å²) < 4.78 is 11.4. The van der Waals surface area contributed by atoms with Gasteiger partial charge in [0, 0.05) is 13.7 Å². The Labute approximate surface area is 115 Å². The van der Waals surface area contributed by atoms with Gasteiger partial charge in [-0.3, -0.25) is 0 Å². The molecule has 1 fully saturated rings. The third-order valence-electron chi connectivity index (χ3n) is 3.54. The second kappa shape index (κ2) is 7.46. The third kappa shape index (κ3) is 4.48. The van der Waals surface area contributed by atoms with Crippen molar-refractivity contribution in [3.05, 3.63) is 23.9 Å². The molecule has 1 N–H and O–H groups in total. The van der Waals surface area contributed by atoms with Gasteiger partial charge in [0.25, 0.3) is 0 Å². The van der Waals surface area contributed by atoms with Gasteiger partial charge >= 0.3 is 0 Å². The van der Waals surface area contributed by atoms with Crippen LogP contribution in [0.2, 0.25) is 0 Å². The first-order chi connectivity index (χ1) is 9.31. The minimum absolute atomic E-state index is 0.309. The summed E-state index contributed by atoms with van der Waals surface area (Å²) in [6, 6.07) is 6.01. The van der Waals surface area contributed by atoms with Crippen molar-refractivity contribution in [3.8, 4) is 0 Å². The van der Waals surface area contributed by atoms with E-state index in [1.807, 2.05) is 18.2 Å². The van der Waals surface area contributed by atoms with Crippen molar-refractivity contribution in [3.63, 3.8) is 0 Å². The van der Waals surface area contributed by atoms with E-state index in [9.17, 15) is 0 Å². The largest absolute Gasteiger partial charge is 0.381 e. The maximum atomic E-state index is 5.96. The molecule has 106 valence electrons. The highest BCUT2D eigenvalue weighted by Crippen LogP contribution is 2.23. The number of ether oxygens (including phenoxy) is 2. The Bertz CT molecular complexity index is 384. The summed E-state index contributed by atoms with van der Waals surface area (Å²) in [6.07, 6.45) is 5.15. The molecule has 0 radical (unpaired) electrons. The van der Waals surface area contributed by atoms with Crippen LogP contribution in [0.15, 0.2) is 18.2 Å². The molecule has 1 heterocycles. The molecule has 2 unspecified atom stereocenters. The van der Waals surface area contributed by atoms with Crippen molar-refractivity contribution in [1.29, 1.82) is 0 Å². The third-order valence-corrected chi connectivity index (χ3v) is 3.54. The van der Waals surface area contributed by atoms with Crippen LogP contribution in [0.4, 0.5) is 5.82 Å². The van der Waals surface area contributed by atoms with Crippen LogP contribution in [0.5, 0.6) is 0 Å². The molecule has 2 atom stereocenters. The van der Waals surface area contributed by atoms with Gasteiger partial charge in [-0.15, -0.1) is 0 Å². The molecule has 0 aliphatic heterocycles. The summed E-state index contributed by atoms with van der Waals surface area (Å²) in [4.78, 5) is 4.52. The Kier molecular flexibility index (Phi) is 5.61. The molecular formula is C15H24N2O2. The van der Waals surface area contributed by atoms with Crippen molar-refractivity contribution >= 4 is 5.82 Å². The fraction of sp³-hybridized carbons (Fsp3) is 0.667. The summed E-state index contributed by atoms with van der Waals surface area (Å²) in [5, 5.41) is 3.22. The molecule has 1 aromatic heterocycles. The van der Waals surface area contributed by atoms with E-state index in [1.165, 1.54) is 6.42 Å². The lowest BCUT2D eigenvalue weighted by molar-refractivity contribution is -0.0371. The number of pyridine rings is 1. The average Bonchev–Trinajstić information content (AvgIpc) is 2.46. The van der Waals surface area contributed by atoms with Crippen molar-refractivity contribution in [2.75, 3.05) is 19.0 Å². The van der Waals surface area contributed by atoms with Crippen LogP contribution in [0.3, 0.4) is 0 Å². The predicted octanol–water partition coefficient (Wildman–Crippen LogP) is 2.99. The first kappa shape index (κ1) is 14.3. The van der Waals surface area contributed by atoms with E-state index < -0.39 is 0 Å². The molecule has 1 saturated carbocycles. The molecule has 0 amide bonds. The van der Waals surface area contributed by atoms with Gasteiger partial charge in [0.05, 0.1) is 24.5 Å². The smallest absolute Gasteiger partial charge is 0.126 e. The number of aromatic nitrogens is 1. The molecule has 1 aromatic rings. The zero-order valence-electron chi connectivity index (χ0n) is 11.9. The predicted molar refractivity (Wildman–Crippen MR) is 76.2 cm³/mol. The van der Waals surface area contributed by atoms with Gasteiger partial charge in [-0.2, -0.15) is 0 Å². The lowest BCUT2D eigenvalue weighted by atomic mass is 9.95. The molecular weight excluding hydrogens is 240 g/mol. The maximum Gasteiger partial charge on any atom is 0.126 e. The highest BCUT2D eigenvalue weighted by molar-refractivity contribution is 5.34. The Hall–Kier alpha value is -1.13.